The van der Waals surface area contributed by atoms with Gasteiger partial charge in [-0.1, -0.05) is 24.9 Å². The first-order valence-electron chi connectivity index (χ1n) is 8.89. The molecule has 0 fully saturated rings. The van der Waals surface area contributed by atoms with E-state index in [1.807, 2.05) is 12.1 Å². The van der Waals surface area contributed by atoms with Crippen molar-refractivity contribution in [2.24, 2.45) is 4.99 Å². The van der Waals surface area contributed by atoms with Gasteiger partial charge in [-0.15, -0.1) is 0 Å². The van der Waals surface area contributed by atoms with Crippen LogP contribution in [0.25, 0.3) is 6.08 Å². The summed E-state index contributed by atoms with van der Waals surface area (Å²) in [5, 5.41) is 11.1. The van der Waals surface area contributed by atoms with E-state index in [9.17, 15) is 14.9 Å². The Morgan fingerprint density at radius 2 is 1.97 bits per heavy atom. The maximum atomic E-state index is 12.3. The van der Waals surface area contributed by atoms with Gasteiger partial charge in [-0.05, 0) is 87.5 Å². The van der Waals surface area contributed by atoms with Crippen molar-refractivity contribution in [2.75, 3.05) is 6.61 Å². The fraction of sp³-hybridized carbons (Fsp3) is 0.200. The van der Waals surface area contributed by atoms with Crippen LogP contribution in [0.5, 0.6) is 5.75 Å². The molecule has 0 saturated heterocycles. The number of cyclic esters (lactones) is 1. The minimum Gasteiger partial charge on any atom is -0.491 e. The lowest BCUT2D eigenvalue weighted by Crippen LogP contribution is -2.06. The first-order chi connectivity index (χ1) is 14.3. The van der Waals surface area contributed by atoms with E-state index in [0.717, 1.165) is 31.3 Å². The Balaban J connectivity index is 1.89. The standard InChI is InChI=1S/C20H15ClI2N2O5/c1-2-3-6-29-18-14(22)7-11(8-15(18)23)9-16-20(26)30-19(24-16)12-4-5-13(21)17(10-12)25(27)28/h4-5,7-10H,2-3,6H2,1H3/b16-9-. The molecule has 0 saturated carbocycles. The second kappa shape index (κ2) is 10.1. The molecule has 1 aliphatic heterocycles. The van der Waals surface area contributed by atoms with Gasteiger partial charge in [0.25, 0.3) is 5.69 Å². The van der Waals surface area contributed by atoms with Gasteiger partial charge in [-0.25, -0.2) is 9.79 Å². The Morgan fingerprint density at radius 1 is 1.27 bits per heavy atom. The molecule has 0 spiro atoms. The minimum absolute atomic E-state index is 0.00469. The summed E-state index contributed by atoms with van der Waals surface area (Å²) in [7, 11) is 0. The molecule has 0 N–H and O–H groups in total. The van der Waals surface area contributed by atoms with E-state index in [-0.39, 0.29) is 22.3 Å². The number of hydrogen-bond donors (Lipinski definition) is 0. The average molecular weight is 653 g/mol. The molecule has 0 atom stereocenters. The van der Waals surface area contributed by atoms with Gasteiger partial charge in [0, 0.05) is 11.6 Å². The lowest BCUT2D eigenvalue weighted by Gasteiger charge is -2.11. The van der Waals surface area contributed by atoms with Gasteiger partial charge >= 0.3 is 5.97 Å². The van der Waals surface area contributed by atoms with Crippen molar-refractivity contribution in [3.63, 3.8) is 0 Å². The molecule has 10 heteroatoms. The number of nitro groups is 1. The molecule has 2 aromatic carbocycles. The normalized spacial score (nSPS) is 14.6. The highest BCUT2D eigenvalue weighted by atomic mass is 127. The number of carbonyl (C=O) groups excluding carboxylic acids is 1. The third kappa shape index (κ3) is 5.30. The summed E-state index contributed by atoms with van der Waals surface area (Å²) in [6.45, 7) is 2.75. The van der Waals surface area contributed by atoms with E-state index >= 15 is 0 Å². The first-order valence-corrected chi connectivity index (χ1v) is 11.4. The zero-order valence-corrected chi connectivity index (χ0v) is 20.7. The van der Waals surface area contributed by atoms with Gasteiger partial charge in [0.15, 0.2) is 5.70 Å². The Morgan fingerprint density at radius 3 is 2.60 bits per heavy atom. The van der Waals surface area contributed by atoms with E-state index in [0.29, 0.717) is 12.2 Å². The summed E-state index contributed by atoms with van der Waals surface area (Å²) >= 11 is 10.2. The lowest BCUT2D eigenvalue weighted by atomic mass is 10.2. The quantitative estimate of drug-likeness (QED) is 0.0917. The predicted molar refractivity (Wildman–Crippen MR) is 131 cm³/mol. The monoisotopic (exact) mass is 652 g/mol. The van der Waals surface area contributed by atoms with Crippen molar-refractivity contribution in [1.82, 2.24) is 0 Å². The van der Waals surface area contributed by atoms with E-state index in [1.54, 1.807) is 6.08 Å². The Labute approximate surface area is 204 Å². The molecule has 0 aliphatic carbocycles. The maximum Gasteiger partial charge on any atom is 0.363 e. The molecule has 2 aromatic rings. The number of halogens is 3. The summed E-state index contributed by atoms with van der Waals surface area (Å²) in [6.07, 6.45) is 3.64. The zero-order valence-electron chi connectivity index (χ0n) is 15.7. The zero-order chi connectivity index (χ0) is 21.8. The third-order valence-corrected chi connectivity index (χ3v) is 6.00. The number of rotatable bonds is 7. The predicted octanol–water partition coefficient (Wildman–Crippen LogP) is 5.98. The third-order valence-electron chi connectivity index (χ3n) is 4.08. The summed E-state index contributed by atoms with van der Waals surface area (Å²) in [5.74, 6) is 0.185. The molecule has 3 rings (SSSR count). The average Bonchev–Trinajstić information content (AvgIpc) is 3.04. The lowest BCUT2D eigenvalue weighted by molar-refractivity contribution is -0.384. The number of benzene rings is 2. The van der Waals surface area contributed by atoms with Crippen LogP contribution in [0.3, 0.4) is 0 Å². The number of carbonyl (C=O) groups is 1. The Hall–Kier alpha value is -1.73. The summed E-state index contributed by atoms with van der Waals surface area (Å²) < 4.78 is 12.9. The van der Waals surface area contributed by atoms with Crippen LogP contribution in [0.1, 0.15) is 30.9 Å². The van der Waals surface area contributed by atoms with Gasteiger partial charge in [-0.3, -0.25) is 10.1 Å². The molecular formula is C20H15ClI2N2O5. The topological polar surface area (TPSA) is 91.0 Å². The summed E-state index contributed by atoms with van der Waals surface area (Å²) in [4.78, 5) is 27.0. The van der Waals surface area contributed by atoms with Crippen molar-refractivity contribution in [3.05, 3.63) is 69.4 Å². The molecular weight excluding hydrogens is 637 g/mol. The number of ether oxygens (including phenoxy) is 2. The molecule has 0 radical (unpaired) electrons. The van der Waals surface area contributed by atoms with Crippen LogP contribution < -0.4 is 4.74 Å². The Kier molecular flexibility index (Phi) is 7.69. The summed E-state index contributed by atoms with van der Waals surface area (Å²) in [5.41, 5.74) is 0.888. The molecule has 30 heavy (non-hydrogen) atoms. The highest BCUT2D eigenvalue weighted by Crippen LogP contribution is 2.31. The number of nitro benzene ring substituents is 1. The van der Waals surface area contributed by atoms with Crippen molar-refractivity contribution in [1.29, 1.82) is 0 Å². The molecule has 0 amide bonds. The smallest absolute Gasteiger partial charge is 0.363 e. The fourth-order valence-electron chi connectivity index (χ4n) is 2.60. The number of unbranched alkanes of at least 4 members (excludes halogenated alkanes) is 1. The number of hydrogen-bond acceptors (Lipinski definition) is 6. The number of aliphatic imine (C=N–C) groups is 1. The van der Waals surface area contributed by atoms with Crippen LogP contribution in [0.15, 0.2) is 41.0 Å². The van der Waals surface area contributed by atoms with Crippen molar-refractivity contribution in [3.8, 4) is 5.75 Å². The molecule has 1 heterocycles. The molecule has 0 bridgehead atoms. The number of esters is 1. The van der Waals surface area contributed by atoms with E-state index in [1.165, 1.54) is 18.2 Å². The van der Waals surface area contributed by atoms with E-state index < -0.39 is 10.9 Å². The van der Waals surface area contributed by atoms with Crippen molar-refractivity contribution in [2.45, 2.75) is 19.8 Å². The maximum absolute atomic E-state index is 12.3. The van der Waals surface area contributed by atoms with Gasteiger partial charge in [-0.2, -0.15) is 0 Å². The van der Waals surface area contributed by atoms with Gasteiger partial charge in [0.2, 0.25) is 5.90 Å². The van der Waals surface area contributed by atoms with Gasteiger partial charge in [0.05, 0.1) is 18.7 Å². The van der Waals surface area contributed by atoms with Crippen LogP contribution in [-0.2, 0) is 9.53 Å². The highest BCUT2D eigenvalue weighted by Gasteiger charge is 2.26. The van der Waals surface area contributed by atoms with Crippen LogP contribution in [0.4, 0.5) is 5.69 Å². The largest absolute Gasteiger partial charge is 0.491 e. The number of nitrogens with zero attached hydrogens (tertiary/aromatic N) is 2. The Bertz CT molecular complexity index is 1060. The second-order valence-electron chi connectivity index (χ2n) is 6.28. The van der Waals surface area contributed by atoms with Gasteiger partial charge < -0.3 is 9.47 Å². The van der Waals surface area contributed by atoms with Crippen LogP contribution in [-0.4, -0.2) is 23.4 Å². The molecule has 1 aliphatic rings. The summed E-state index contributed by atoms with van der Waals surface area (Å²) in [6, 6.07) is 7.90. The van der Waals surface area contributed by atoms with Crippen molar-refractivity contribution < 1.29 is 19.2 Å². The molecule has 156 valence electrons. The first kappa shape index (κ1) is 22.9. The van der Waals surface area contributed by atoms with Crippen molar-refractivity contribution >= 4 is 80.4 Å². The van der Waals surface area contributed by atoms with Crippen LogP contribution in [0.2, 0.25) is 5.02 Å². The van der Waals surface area contributed by atoms with E-state index in [2.05, 4.69) is 57.1 Å². The van der Waals surface area contributed by atoms with E-state index in [4.69, 9.17) is 21.1 Å². The minimum atomic E-state index is -0.629. The van der Waals surface area contributed by atoms with Gasteiger partial charge in [0.1, 0.15) is 10.8 Å². The SMILES string of the molecule is CCCCOc1c(I)cc(/C=C2\N=C(c3ccc(Cl)c([N+](=O)[O-])c3)OC2=O)cc1I. The molecule has 7 nitrogen and oxygen atoms in total. The molecule has 0 unspecified atom stereocenters. The highest BCUT2D eigenvalue weighted by molar-refractivity contribution is 14.1. The molecule has 0 aromatic heterocycles. The van der Waals surface area contributed by atoms with Crippen LogP contribution >= 0.6 is 56.8 Å². The fourth-order valence-corrected chi connectivity index (χ4v) is 4.91. The second-order valence-corrected chi connectivity index (χ2v) is 9.01. The van der Waals surface area contributed by atoms with Crippen LogP contribution in [0, 0.1) is 17.3 Å².